The van der Waals surface area contributed by atoms with Crippen molar-refractivity contribution < 1.29 is 31.8 Å². The van der Waals surface area contributed by atoms with E-state index in [4.69, 9.17) is 9.47 Å². The van der Waals surface area contributed by atoms with Crippen LogP contribution in [-0.4, -0.2) is 80.6 Å². The summed E-state index contributed by atoms with van der Waals surface area (Å²) in [7, 11) is 2.78. The number of carbonyl (C=O) groups is 1. The van der Waals surface area contributed by atoms with Crippen LogP contribution in [0.4, 0.5) is 28.9 Å². The van der Waals surface area contributed by atoms with Crippen LogP contribution in [0.15, 0.2) is 36.4 Å². The molecule has 2 aromatic carbocycles. The Balaban J connectivity index is 1.16. The van der Waals surface area contributed by atoms with Crippen molar-refractivity contribution in [2.45, 2.75) is 50.5 Å². The molecule has 3 fully saturated rings. The first kappa shape index (κ1) is 31.0. The number of ether oxygens (including phenoxy) is 2. The number of benzene rings is 2. The largest absolute Gasteiger partial charge is 0.495 e. The summed E-state index contributed by atoms with van der Waals surface area (Å²) in [4.78, 5) is 14.5. The van der Waals surface area contributed by atoms with Crippen molar-refractivity contribution in [1.82, 2.24) is 14.8 Å². The molecule has 0 unspecified atom stereocenters. The van der Waals surface area contributed by atoms with Gasteiger partial charge in [-0.3, -0.25) is 9.69 Å². The van der Waals surface area contributed by atoms with Crippen LogP contribution in [-0.2, 0) is 11.3 Å². The Labute approximate surface area is 259 Å². The molecular weight excluding hydrogens is 590 g/mol. The molecule has 1 aliphatic carbocycles. The maximum atomic E-state index is 14.5. The second kappa shape index (κ2) is 12.4. The smallest absolute Gasteiger partial charge is 0.406 e. The summed E-state index contributed by atoms with van der Waals surface area (Å²) < 4.78 is 67.4. The number of halogens is 4. The molecule has 0 radical (unpaired) electrons. The van der Waals surface area contributed by atoms with Crippen molar-refractivity contribution in [2.24, 2.45) is 5.41 Å². The fraction of sp³-hybridized carbons (Fsp3) is 0.485. The first-order valence-electron chi connectivity index (χ1n) is 15.2. The molecule has 8 nitrogen and oxygen atoms in total. The second-order valence-corrected chi connectivity index (χ2v) is 12.3. The van der Waals surface area contributed by atoms with Crippen LogP contribution in [0.5, 0.6) is 5.75 Å². The number of rotatable bonds is 8. The van der Waals surface area contributed by atoms with Gasteiger partial charge in [0.25, 0.3) is 5.91 Å². The SMILES string of the molecule is CNC(=O)c1cc(OC)c(NCC#Cc2cc3c(N[C@H]4CC[C@H](N5CC6(COC6)C5)CC4)cccc3n2CC(F)(F)F)cc1F. The standard InChI is InChI=1S/C33H37F4N5O3/c1-38-31(43)24-14-30(44-2)28(15-26(24)34)39-12-4-5-23-13-25-27(6-3-7-29(25)42(23)18-33(35,36)37)40-21-8-10-22(11-9-21)41-16-32(17-41)19-45-20-32/h3,6-7,13-15,21-22,39-40H,8-12,16-20H2,1-2H3,(H,38,43)/t21-,22-. The Morgan fingerprint density at radius 2 is 1.87 bits per heavy atom. The van der Waals surface area contributed by atoms with E-state index >= 15 is 0 Å². The normalized spacial score (nSPS) is 20.9. The molecule has 240 valence electrons. The summed E-state index contributed by atoms with van der Waals surface area (Å²) in [5, 5.41) is 9.60. The number of carbonyl (C=O) groups excluding carboxylic acids is 1. The lowest BCUT2D eigenvalue weighted by Gasteiger charge is -2.58. The van der Waals surface area contributed by atoms with Crippen LogP contribution < -0.4 is 20.7 Å². The molecule has 3 aromatic rings. The Hall–Kier alpha value is -3.95. The van der Waals surface area contributed by atoms with Crippen LogP contribution in [0.3, 0.4) is 0 Å². The molecule has 6 rings (SSSR count). The van der Waals surface area contributed by atoms with E-state index in [-0.39, 0.29) is 35.3 Å². The van der Waals surface area contributed by atoms with E-state index in [1.807, 2.05) is 6.07 Å². The fourth-order valence-corrected chi connectivity index (χ4v) is 6.76. The summed E-state index contributed by atoms with van der Waals surface area (Å²) in [6.07, 6.45) is -0.270. The highest BCUT2D eigenvalue weighted by Crippen LogP contribution is 2.41. The average molecular weight is 628 g/mol. The zero-order chi connectivity index (χ0) is 31.8. The van der Waals surface area contributed by atoms with Gasteiger partial charge in [0.2, 0.25) is 0 Å². The number of nitrogens with zero attached hydrogens (tertiary/aromatic N) is 2. The van der Waals surface area contributed by atoms with Crippen molar-refractivity contribution in [3.05, 3.63) is 53.5 Å². The minimum absolute atomic E-state index is 0.00216. The predicted octanol–water partition coefficient (Wildman–Crippen LogP) is 5.23. The van der Waals surface area contributed by atoms with Gasteiger partial charge in [0, 0.05) is 54.8 Å². The summed E-state index contributed by atoms with van der Waals surface area (Å²) in [6, 6.07) is 10.3. The monoisotopic (exact) mass is 627 g/mol. The van der Waals surface area contributed by atoms with E-state index in [0.717, 1.165) is 63.7 Å². The highest BCUT2D eigenvalue weighted by molar-refractivity contribution is 5.95. The molecule has 3 N–H and O–H groups in total. The molecule has 3 aliphatic rings. The third-order valence-corrected chi connectivity index (χ3v) is 9.09. The first-order chi connectivity index (χ1) is 21.6. The molecule has 2 aliphatic heterocycles. The van der Waals surface area contributed by atoms with Crippen molar-refractivity contribution in [3.8, 4) is 17.6 Å². The molecule has 1 aromatic heterocycles. The number of methoxy groups -OCH3 is 1. The lowest BCUT2D eigenvalue weighted by atomic mass is 9.75. The van der Waals surface area contributed by atoms with Gasteiger partial charge in [-0.15, -0.1) is 0 Å². The van der Waals surface area contributed by atoms with E-state index in [0.29, 0.717) is 22.4 Å². The molecule has 45 heavy (non-hydrogen) atoms. The maximum Gasteiger partial charge on any atom is 0.406 e. The number of amides is 1. The third kappa shape index (κ3) is 6.56. The van der Waals surface area contributed by atoms with E-state index in [2.05, 4.69) is 32.7 Å². The van der Waals surface area contributed by atoms with Crippen molar-refractivity contribution in [1.29, 1.82) is 0 Å². The van der Waals surface area contributed by atoms with Gasteiger partial charge in [-0.05, 0) is 55.9 Å². The van der Waals surface area contributed by atoms with E-state index in [1.165, 1.54) is 24.8 Å². The quantitative estimate of drug-likeness (QED) is 0.235. The Bertz CT molecular complexity index is 1620. The Kier molecular flexibility index (Phi) is 8.59. The third-order valence-electron chi connectivity index (χ3n) is 9.09. The first-order valence-corrected chi connectivity index (χ1v) is 15.2. The van der Waals surface area contributed by atoms with Crippen molar-refractivity contribution in [2.75, 3.05) is 57.6 Å². The number of nitrogens with one attached hydrogen (secondary N) is 3. The molecule has 1 spiro atoms. The zero-order valence-corrected chi connectivity index (χ0v) is 25.3. The highest BCUT2D eigenvalue weighted by Gasteiger charge is 2.50. The number of hydrogen-bond donors (Lipinski definition) is 3. The van der Waals surface area contributed by atoms with Crippen molar-refractivity contribution >= 4 is 28.2 Å². The van der Waals surface area contributed by atoms with E-state index in [9.17, 15) is 22.4 Å². The van der Waals surface area contributed by atoms with Crippen LogP contribution in [0, 0.1) is 23.1 Å². The molecule has 0 atom stereocenters. The van der Waals surface area contributed by atoms with Gasteiger partial charge in [-0.25, -0.2) is 4.39 Å². The fourth-order valence-electron chi connectivity index (χ4n) is 6.76. The maximum absolute atomic E-state index is 14.5. The zero-order valence-electron chi connectivity index (χ0n) is 25.3. The molecule has 3 heterocycles. The second-order valence-electron chi connectivity index (χ2n) is 12.3. The van der Waals surface area contributed by atoms with Gasteiger partial charge in [-0.2, -0.15) is 13.2 Å². The lowest BCUT2D eigenvalue weighted by molar-refractivity contribution is -0.200. The van der Waals surface area contributed by atoms with Crippen molar-refractivity contribution in [3.63, 3.8) is 0 Å². The molecule has 1 saturated carbocycles. The summed E-state index contributed by atoms with van der Waals surface area (Å²) in [6.45, 7) is 2.83. The van der Waals surface area contributed by atoms with Gasteiger partial charge in [-0.1, -0.05) is 12.0 Å². The Morgan fingerprint density at radius 3 is 2.51 bits per heavy atom. The molecule has 1 amide bonds. The number of alkyl halides is 3. The van der Waals surface area contributed by atoms with Gasteiger partial charge in [0.15, 0.2) is 0 Å². The summed E-state index contributed by atoms with van der Waals surface area (Å²) >= 11 is 0. The predicted molar refractivity (Wildman–Crippen MR) is 164 cm³/mol. The minimum atomic E-state index is -4.44. The highest BCUT2D eigenvalue weighted by atomic mass is 19.4. The van der Waals surface area contributed by atoms with Crippen LogP contribution in [0.1, 0.15) is 41.7 Å². The topological polar surface area (TPSA) is 79.8 Å². The minimum Gasteiger partial charge on any atom is -0.495 e. The summed E-state index contributed by atoms with van der Waals surface area (Å²) in [5.41, 5.74) is 1.96. The van der Waals surface area contributed by atoms with Gasteiger partial charge in [0.05, 0.1) is 49.3 Å². The van der Waals surface area contributed by atoms with Crippen LogP contribution >= 0.6 is 0 Å². The number of likely N-dealkylation sites (tertiary alicyclic amines) is 1. The van der Waals surface area contributed by atoms with E-state index < -0.39 is 24.4 Å². The lowest BCUT2D eigenvalue weighted by Crippen LogP contribution is -2.68. The van der Waals surface area contributed by atoms with Crippen LogP contribution in [0.2, 0.25) is 0 Å². The van der Waals surface area contributed by atoms with E-state index in [1.54, 1.807) is 18.2 Å². The number of aromatic nitrogens is 1. The molecule has 2 saturated heterocycles. The number of anilines is 2. The Morgan fingerprint density at radius 1 is 1.11 bits per heavy atom. The van der Waals surface area contributed by atoms with Crippen LogP contribution in [0.25, 0.3) is 10.9 Å². The van der Waals surface area contributed by atoms with Gasteiger partial charge >= 0.3 is 6.18 Å². The molecular formula is C33H37F4N5O3. The van der Waals surface area contributed by atoms with Gasteiger partial charge < -0.3 is 30.0 Å². The molecule has 12 heteroatoms. The number of hydrogen-bond acceptors (Lipinski definition) is 6. The number of fused-ring (bicyclic) bond motifs is 1. The molecule has 0 bridgehead atoms. The average Bonchev–Trinajstić information content (AvgIpc) is 3.31. The summed E-state index contributed by atoms with van der Waals surface area (Å²) in [5.74, 6) is 4.62. The van der Waals surface area contributed by atoms with Gasteiger partial charge in [0.1, 0.15) is 18.1 Å².